The van der Waals surface area contributed by atoms with Crippen LogP contribution in [0, 0.1) is 22.7 Å². The van der Waals surface area contributed by atoms with E-state index in [0.717, 1.165) is 25.7 Å². The van der Waals surface area contributed by atoms with Gasteiger partial charge in [-0.2, -0.15) is 0 Å². The molecule has 0 radical (unpaired) electrons. The van der Waals surface area contributed by atoms with Crippen molar-refractivity contribution >= 4 is 5.78 Å². The summed E-state index contributed by atoms with van der Waals surface area (Å²) in [5.74, 6) is 1.46. The first-order chi connectivity index (χ1) is 10.2. The Hall–Kier alpha value is -0.850. The summed E-state index contributed by atoms with van der Waals surface area (Å²) in [7, 11) is 0. The Morgan fingerprint density at radius 2 is 1.91 bits per heavy atom. The smallest absolute Gasteiger partial charge is 0.136 e. The monoisotopic (exact) mass is 304 g/mol. The Balaban J connectivity index is 0.00000116. The molecule has 0 aromatic heterocycles. The van der Waals surface area contributed by atoms with E-state index in [1.54, 1.807) is 0 Å². The van der Waals surface area contributed by atoms with Gasteiger partial charge in [-0.1, -0.05) is 39.8 Å². The highest BCUT2D eigenvalue weighted by Crippen LogP contribution is 2.56. The Labute approximate surface area is 138 Å². The molecule has 0 aromatic rings. The van der Waals surface area contributed by atoms with Gasteiger partial charge in [-0.05, 0) is 61.7 Å². The molecule has 0 saturated heterocycles. The summed E-state index contributed by atoms with van der Waals surface area (Å²) in [6, 6.07) is 0. The van der Waals surface area contributed by atoms with Crippen molar-refractivity contribution in [1.82, 2.24) is 0 Å². The van der Waals surface area contributed by atoms with Crippen LogP contribution in [0.5, 0.6) is 0 Å². The molecule has 0 bridgehead atoms. The lowest BCUT2D eigenvalue weighted by molar-refractivity contribution is -0.129. The maximum atomic E-state index is 12.2. The van der Waals surface area contributed by atoms with Crippen LogP contribution in [-0.2, 0) is 4.79 Å². The van der Waals surface area contributed by atoms with Gasteiger partial charge in [0.05, 0.1) is 0 Å². The van der Waals surface area contributed by atoms with E-state index in [-0.39, 0.29) is 5.41 Å². The number of carbonyl (C=O) groups excluding carboxylic acids is 1. The maximum Gasteiger partial charge on any atom is 0.136 e. The predicted octanol–water partition coefficient (Wildman–Crippen LogP) is 6.35. The zero-order valence-electron chi connectivity index (χ0n) is 15.3. The number of carbonyl (C=O) groups is 1. The van der Waals surface area contributed by atoms with Gasteiger partial charge in [0.15, 0.2) is 0 Å². The van der Waals surface area contributed by atoms with Gasteiger partial charge in [0.2, 0.25) is 0 Å². The van der Waals surface area contributed by atoms with Crippen LogP contribution in [0.25, 0.3) is 0 Å². The van der Waals surface area contributed by atoms with Crippen molar-refractivity contribution < 1.29 is 4.79 Å². The van der Waals surface area contributed by atoms with Crippen LogP contribution in [0.15, 0.2) is 25.3 Å². The number of hydrogen-bond donors (Lipinski definition) is 0. The molecule has 126 valence electrons. The minimum Gasteiger partial charge on any atom is -0.299 e. The highest BCUT2D eigenvalue weighted by Gasteiger charge is 2.51. The SMILES string of the molecule is C=C.C=C(CCCC(C)(C)C)C1CCC2C(=O)CCCC12C. The molecule has 0 N–H and O–H groups in total. The summed E-state index contributed by atoms with van der Waals surface area (Å²) in [6.45, 7) is 19.7. The summed E-state index contributed by atoms with van der Waals surface area (Å²) >= 11 is 0. The summed E-state index contributed by atoms with van der Waals surface area (Å²) in [5.41, 5.74) is 2.08. The topological polar surface area (TPSA) is 17.1 Å². The molecule has 0 aliphatic heterocycles. The molecule has 3 unspecified atom stereocenters. The summed E-state index contributed by atoms with van der Waals surface area (Å²) < 4.78 is 0. The summed E-state index contributed by atoms with van der Waals surface area (Å²) in [6.07, 6.45) is 9.11. The molecule has 2 aliphatic rings. The number of ketones is 1. The largest absolute Gasteiger partial charge is 0.299 e. The van der Waals surface area contributed by atoms with Crippen molar-refractivity contribution in [2.75, 3.05) is 0 Å². The van der Waals surface area contributed by atoms with Crippen molar-refractivity contribution in [3.63, 3.8) is 0 Å². The lowest BCUT2D eigenvalue weighted by Crippen LogP contribution is -2.37. The van der Waals surface area contributed by atoms with Crippen molar-refractivity contribution in [3.05, 3.63) is 25.3 Å². The Morgan fingerprint density at radius 3 is 2.50 bits per heavy atom. The lowest BCUT2D eigenvalue weighted by Gasteiger charge is -2.40. The molecule has 3 atom stereocenters. The Bertz CT molecular complexity index is 401. The predicted molar refractivity (Wildman–Crippen MR) is 96.9 cm³/mol. The number of fused-ring (bicyclic) bond motifs is 1. The third kappa shape index (κ3) is 4.33. The normalized spacial score (nSPS) is 31.2. The first-order valence-electron chi connectivity index (χ1n) is 8.94. The second-order valence-corrected chi connectivity index (χ2v) is 8.58. The molecule has 2 aliphatic carbocycles. The molecular weight excluding hydrogens is 268 g/mol. The van der Waals surface area contributed by atoms with Crippen LogP contribution in [0.1, 0.15) is 79.1 Å². The van der Waals surface area contributed by atoms with E-state index in [0.29, 0.717) is 23.0 Å². The molecule has 0 aromatic carbocycles. The minimum absolute atomic E-state index is 0.230. The molecule has 2 fully saturated rings. The molecule has 22 heavy (non-hydrogen) atoms. The Kier molecular flexibility index (Phi) is 6.65. The second kappa shape index (κ2) is 7.62. The van der Waals surface area contributed by atoms with E-state index in [2.05, 4.69) is 47.4 Å². The van der Waals surface area contributed by atoms with Gasteiger partial charge in [-0.25, -0.2) is 0 Å². The summed E-state index contributed by atoms with van der Waals surface area (Å²) in [5, 5.41) is 0. The molecule has 1 heteroatoms. The first-order valence-corrected chi connectivity index (χ1v) is 8.94. The van der Waals surface area contributed by atoms with Gasteiger partial charge in [0, 0.05) is 12.3 Å². The molecule has 0 heterocycles. The Morgan fingerprint density at radius 1 is 1.27 bits per heavy atom. The van der Waals surface area contributed by atoms with Crippen molar-refractivity contribution in [1.29, 1.82) is 0 Å². The van der Waals surface area contributed by atoms with Crippen LogP contribution >= 0.6 is 0 Å². The third-order valence-corrected chi connectivity index (χ3v) is 5.78. The fraction of sp³-hybridized carbons (Fsp3) is 0.762. The molecular formula is C21H36O. The fourth-order valence-corrected chi connectivity index (χ4v) is 4.62. The molecule has 0 spiro atoms. The van der Waals surface area contributed by atoms with Gasteiger partial charge >= 0.3 is 0 Å². The van der Waals surface area contributed by atoms with Gasteiger partial charge in [-0.3, -0.25) is 4.79 Å². The number of Topliss-reactive ketones (excluding diaryl/α,β-unsaturated/α-hetero) is 1. The standard InChI is InChI=1S/C19H32O.C2H4/c1-14(8-6-12-18(2,3)4)15-10-11-16-17(20)9-7-13-19(15,16)5;1-2/h15-16H,1,6-13H2,2-5H3;1-2H2. The van der Waals surface area contributed by atoms with Crippen LogP contribution in [0.4, 0.5) is 0 Å². The lowest BCUT2D eigenvalue weighted by atomic mass is 9.63. The van der Waals surface area contributed by atoms with E-state index in [1.807, 2.05) is 0 Å². The third-order valence-electron chi connectivity index (χ3n) is 5.78. The van der Waals surface area contributed by atoms with E-state index in [9.17, 15) is 4.79 Å². The number of rotatable bonds is 4. The van der Waals surface area contributed by atoms with E-state index >= 15 is 0 Å². The maximum absolute atomic E-state index is 12.2. The van der Waals surface area contributed by atoms with Crippen LogP contribution in [-0.4, -0.2) is 5.78 Å². The zero-order valence-corrected chi connectivity index (χ0v) is 15.3. The number of allylic oxidation sites excluding steroid dienone is 1. The van der Waals surface area contributed by atoms with Crippen LogP contribution in [0.2, 0.25) is 0 Å². The molecule has 0 amide bonds. The quantitative estimate of drug-likeness (QED) is 0.553. The highest BCUT2D eigenvalue weighted by molar-refractivity contribution is 5.83. The summed E-state index contributed by atoms with van der Waals surface area (Å²) in [4.78, 5) is 12.2. The van der Waals surface area contributed by atoms with Crippen molar-refractivity contribution in [2.45, 2.75) is 79.1 Å². The van der Waals surface area contributed by atoms with E-state index < -0.39 is 0 Å². The van der Waals surface area contributed by atoms with Gasteiger partial charge in [0.1, 0.15) is 5.78 Å². The first kappa shape index (κ1) is 19.2. The van der Waals surface area contributed by atoms with Crippen molar-refractivity contribution in [3.8, 4) is 0 Å². The highest BCUT2D eigenvalue weighted by atomic mass is 16.1. The van der Waals surface area contributed by atoms with Crippen LogP contribution < -0.4 is 0 Å². The minimum atomic E-state index is 0.230. The molecule has 1 nitrogen and oxygen atoms in total. The number of hydrogen-bond acceptors (Lipinski definition) is 1. The average molecular weight is 305 g/mol. The van der Waals surface area contributed by atoms with E-state index in [4.69, 9.17) is 0 Å². The zero-order chi connectivity index (χ0) is 17.0. The van der Waals surface area contributed by atoms with Crippen molar-refractivity contribution in [2.24, 2.45) is 22.7 Å². The van der Waals surface area contributed by atoms with E-state index in [1.165, 1.54) is 31.3 Å². The molecule has 2 saturated carbocycles. The average Bonchev–Trinajstić information content (AvgIpc) is 2.78. The van der Waals surface area contributed by atoms with Gasteiger partial charge in [-0.15, -0.1) is 13.2 Å². The second-order valence-electron chi connectivity index (χ2n) is 8.58. The molecule has 2 rings (SSSR count). The van der Waals surface area contributed by atoms with Crippen LogP contribution in [0.3, 0.4) is 0 Å². The van der Waals surface area contributed by atoms with Gasteiger partial charge < -0.3 is 0 Å². The fourth-order valence-electron chi connectivity index (χ4n) is 4.62. The van der Waals surface area contributed by atoms with Gasteiger partial charge in [0.25, 0.3) is 0 Å².